The molecule has 0 radical (unpaired) electrons. The van der Waals surface area contributed by atoms with Crippen molar-refractivity contribution in [3.8, 4) is 0 Å². The predicted octanol–water partition coefficient (Wildman–Crippen LogP) is 0.779. The summed E-state index contributed by atoms with van der Waals surface area (Å²) in [7, 11) is 0. The van der Waals surface area contributed by atoms with E-state index in [1.165, 1.54) is 11.3 Å². The minimum Gasteiger partial charge on any atom is -0.450 e. The quantitative estimate of drug-likeness (QED) is 0.887. The van der Waals surface area contributed by atoms with Gasteiger partial charge in [0.25, 0.3) is 5.91 Å². The van der Waals surface area contributed by atoms with Crippen LogP contribution in [0.25, 0.3) is 0 Å². The van der Waals surface area contributed by atoms with Crippen LogP contribution in [-0.2, 0) is 9.53 Å². The number of nitrogens with zero attached hydrogens (tertiary/aromatic N) is 2. The predicted molar refractivity (Wildman–Crippen MR) is 81.8 cm³/mol. The number of nitrogens with one attached hydrogen (secondary N) is 1. The minimum atomic E-state index is -0.347. The molecular weight excluding hydrogens is 306 g/mol. The molecule has 1 aliphatic rings. The van der Waals surface area contributed by atoms with E-state index in [2.05, 4.69) is 5.32 Å². The second kappa shape index (κ2) is 7.79. The first-order valence-corrected chi connectivity index (χ1v) is 8.01. The number of hydrogen-bond acceptors (Lipinski definition) is 5. The van der Waals surface area contributed by atoms with Crippen molar-refractivity contribution in [1.82, 2.24) is 15.1 Å². The normalized spacial score (nSPS) is 14.6. The van der Waals surface area contributed by atoms with Crippen molar-refractivity contribution in [3.63, 3.8) is 0 Å². The molecule has 7 nitrogen and oxygen atoms in total. The van der Waals surface area contributed by atoms with Crippen LogP contribution in [0, 0.1) is 0 Å². The molecule has 0 aliphatic carbocycles. The first-order valence-electron chi connectivity index (χ1n) is 7.13. The molecule has 1 aromatic rings. The van der Waals surface area contributed by atoms with Crippen molar-refractivity contribution in [2.24, 2.45) is 0 Å². The summed E-state index contributed by atoms with van der Waals surface area (Å²) in [6, 6.07) is 3.50. The molecule has 1 aromatic heterocycles. The van der Waals surface area contributed by atoms with Crippen molar-refractivity contribution in [2.45, 2.75) is 6.92 Å². The molecule has 1 fully saturated rings. The molecule has 1 aliphatic heterocycles. The van der Waals surface area contributed by atoms with E-state index in [4.69, 9.17) is 4.74 Å². The Morgan fingerprint density at radius 1 is 1.23 bits per heavy atom. The molecule has 0 atom stereocenters. The number of piperazine rings is 1. The Balaban J connectivity index is 1.73. The zero-order chi connectivity index (χ0) is 15.9. The lowest BCUT2D eigenvalue weighted by atomic mass is 10.3. The van der Waals surface area contributed by atoms with Crippen LogP contribution in [0.15, 0.2) is 17.5 Å². The van der Waals surface area contributed by atoms with Gasteiger partial charge in [-0.3, -0.25) is 9.59 Å². The average Bonchev–Trinajstić information content (AvgIpc) is 3.07. The van der Waals surface area contributed by atoms with Crippen molar-refractivity contribution in [2.75, 3.05) is 39.3 Å². The van der Waals surface area contributed by atoms with Crippen LogP contribution in [0.5, 0.6) is 0 Å². The summed E-state index contributed by atoms with van der Waals surface area (Å²) in [5.41, 5.74) is 0. The summed E-state index contributed by atoms with van der Waals surface area (Å²) in [5, 5.41) is 4.42. The van der Waals surface area contributed by atoms with Crippen LogP contribution < -0.4 is 5.32 Å². The maximum Gasteiger partial charge on any atom is 0.409 e. The first kappa shape index (κ1) is 16.3. The van der Waals surface area contributed by atoms with Crippen LogP contribution >= 0.6 is 11.3 Å². The summed E-state index contributed by atoms with van der Waals surface area (Å²) in [5.74, 6) is -0.387. The molecule has 0 saturated carbocycles. The number of carbonyl (C=O) groups excluding carboxylic acids is 3. The number of ether oxygens (including phenoxy) is 1. The van der Waals surface area contributed by atoms with Gasteiger partial charge in [-0.2, -0.15) is 0 Å². The van der Waals surface area contributed by atoms with Gasteiger partial charge in [-0.1, -0.05) is 6.07 Å². The third kappa shape index (κ3) is 4.20. The second-order valence-corrected chi connectivity index (χ2v) is 5.67. The van der Waals surface area contributed by atoms with Gasteiger partial charge in [0, 0.05) is 26.2 Å². The zero-order valence-corrected chi connectivity index (χ0v) is 13.2. The van der Waals surface area contributed by atoms with Crippen LogP contribution in [0.3, 0.4) is 0 Å². The van der Waals surface area contributed by atoms with E-state index < -0.39 is 0 Å². The summed E-state index contributed by atoms with van der Waals surface area (Å²) in [6.07, 6.45) is -0.347. The molecule has 120 valence electrons. The fourth-order valence-corrected chi connectivity index (χ4v) is 2.76. The van der Waals surface area contributed by atoms with Gasteiger partial charge in [-0.05, 0) is 18.4 Å². The van der Waals surface area contributed by atoms with Gasteiger partial charge in [0.05, 0.1) is 18.0 Å². The topological polar surface area (TPSA) is 79.0 Å². The lowest BCUT2D eigenvalue weighted by Gasteiger charge is -2.34. The number of carbonyl (C=O) groups is 3. The largest absolute Gasteiger partial charge is 0.450 e. The average molecular weight is 325 g/mol. The lowest BCUT2D eigenvalue weighted by molar-refractivity contribution is -0.131. The highest BCUT2D eigenvalue weighted by atomic mass is 32.1. The van der Waals surface area contributed by atoms with Crippen molar-refractivity contribution in [1.29, 1.82) is 0 Å². The highest BCUT2D eigenvalue weighted by molar-refractivity contribution is 7.12. The maximum absolute atomic E-state index is 12.1. The molecular formula is C14H19N3O4S. The highest BCUT2D eigenvalue weighted by Crippen LogP contribution is 2.08. The van der Waals surface area contributed by atoms with Gasteiger partial charge in [-0.25, -0.2) is 4.79 Å². The molecule has 0 bridgehead atoms. The van der Waals surface area contributed by atoms with Crippen LogP contribution in [-0.4, -0.2) is 67.0 Å². The number of hydrogen-bond donors (Lipinski definition) is 1. The number of thiophene rings is 1. The molecule has 22 heavy (non-hydrogen) atoms. The zero-order valence-electron chi connectivity index (χ0n) is 12.4. The van der Waals surface area contributed by atoms with E-state index >= 15 is 0 Å². The van der Waals surface area contributed by atoms with E-state index in [1.807, 2.05) is 5.38 Å². The monoisotopic (exact) mass is 325 g/mol. The Kier molecular flexibility index (Phi) is 5.76. The van der Waals surface area contributed by atoms with Crippen molar-refractivity contribution in [3.05, 3.63) is 22.4 Å². The molecule has 3 amide bonds. The summed E-state index contributed by atoms with van der Waals surface area (Å²) in [4.78, 5) is 39.2. The van der Waals surface area contributed by atoms with Gasteiger partial charge in [0.2, 0.25) is 5.91 Å². The Hall–Kier alpha value is -2.09. The SMILES string of the molecule is CCOC(=O)N1CCN(C(=O)CNC(=O)c2cccs2)CC1. The van der Waals surface area contributed by atoms with Crippen molar-refractivity contribution < 1.29 is 19.1 Å². The second-order valence-electron chi connectivity index (χ2n) is 4.73. The Labute approximate surface area is 132 Å². The molecule has 0 aromatic carbocycles. The fourth-order valence-electron chi connectivity index (χ4n) is 2.12. The highest BCUT2D eigenvalue weighted by Gasteiger charge is 2.24. The maximum atomic E-state index is 12.1. The number of rotatable bonds is 4. The van der Waals surface area contributed by atoms with E-state index in [1.54, 1.807) is 28.9 Å². The van der Waals surface area contributed by atoms with Gasteiger partial charge < -0.3 is 19.9 Å². The Morgan fingerprint density at radius 3 is 2.50 bits per heavy atom. The van der Waals surface area contributed by atoms with Gasteiger partial charge in [0.15, 0.2) is 0 Å². The summed E-state index contributed by atoms with van der Waals surface area (Å²) >= 11 is 1.33. The fraction of sp³-hybridized carbons (Fsp3) is 0.500. The Bertz CT molecular complexity index is 524. The molecule has 0 spiro atoms. The minimum absolute atomic E-state index is 0.0316. The van der Waals surface area contributed by atoms with Gasteiger partial charge >= 0.3 is 6.09 Å². The molecule has 1 N–H and O–H groups in total. The molecule has 8 heteroatoms. The van der Waals surface area contributed by atoms with Crippen LogP contribution in [0.2, 0.25) is 0 Å². The molecule has 2 rings (SSSR count). The number of amides is 3. The van der Waals surface area contributed by atoms with Crippen LogP contribution in [0.4, 0.5) is 4.79 Å². The van der Waals surface area contributed by atoms with E-state index in [0.29, 0.717) is 37.7 Å². The molecule has 2 heterocycles. The standard InChI is InChI=1S/C14H19N3O4S/c1-2-21-14(20)17-7-5-16(6-8-17)12(18)10-15-13(19)11-4-3-9-22-11/h3-4,9H,2,5-8,10H2,1H3,(H,15,19). The van der Waals surface area contributed by atoms with Gasteiger partial charge in [0.1, 0.15) is 0 Å². The van der Waals surface area contributed by atoms with Crippen molar-refractivity contribution >= 4 is 29.2 Å². The summed E-state index contributed by atoms with van der Waals surface area (Å²) < 4.78 is 4.93. The lowest BCUT2D eigenvalue weighted by Crippen LogP contribution is -2.52. The van der Waals surface area contributed by atoms with Crippen LogP contribution in [0.1, 0.15) is 16.6 Å². The summed E-state index contributed by atoms with van der Waals surface area (Å²) in [6.45, 7) is 3.86. The first-order chi connectivity index (χ1) is 10.6. The third-order valence-corrected chi connectivity index (χ3v) is 4.17. The Morgan fingerprint density at radius 2 is 1.91 bits per heavy atom. The molecule has 0 unspecified atom stereocenters. The van der Waals surface area contributed by atoms with E-state index in [-0.39, 0.29) is 24.5 Å². The third-order valence-electron chi connectivity index (χ3n) is 3.30. The smallest absolute Gasteiger partial charge is 0.409 e. The molecule has 1 saturated heterocycles. The van der Waals surface area contributed by atoms with Gasteiger partial charge in [-0.15, -0.1) is 11.3 Å². The van der Waals surface area contributed by atoms with E-state index in [0.717, 1.165) is 0 Å². The van der Waals surface area contributed by atoms with E-state index in [9.17, 15) is 14.4 Å².